The van der Waals surface area contributed by atoms with E-state index >= 15 is 0 Å². The number of aromatic nitrogens is 2. The molecule has 0 radical (unpaired) electrons. The molecule has 0 saturated carbocycles. The van der Waals surface area contributed by atoms with Crippen molar-refractivity contribution in [3.8, 4) is 5.75 Å². The summed E-state index contributed by atoms with van der Waals surface area (Å²) in [7, 11) is 0. The van der Waals surface area contributed by atoms with Crippen molar-refractivity contribution in [3.05, 3.63) is 66.2 Å². The number of anilines is 1. The van der Waals surface area contributed by atoms with E-state index in [1.165, 1.54) is 0 Å². The number of benzene rings is 3. The fourth-order valence-corrected chi connectivity index (χ4v) is 3.38. The normalized spacial score (nSPS) is 11.5. The average molecular weight is 372 g/mol. The first-order chi connectivity index (χ1) is 13.8. The summed E-state index contributed by atoms with van der Waals surface area (Å²) in [5.41, 5.74) is 6.14. The summed E-state index contributed by atoms with van der Waals surface area (Å²) in [5, 5.41) is 6.77. The van der Waals surface area contributed by atoms with E-state index < -0.39 is 0 Å². The predicted octanol–water partition coefficient (Wildman–Crippen LogP) is 5.44. The second-order valence-corrected chi connectivity index (χ2v) is 6.59. The Kier molecular flexibility index (Phi) is 5.24. The van der Waals surface area contributed by atoms with Crippen molar-refractivity contribution in [2.45, 2.75) is 26.8 Å². The van der Waals surface area contributed by atoms with E-state index in [-0.39, 0.29) is 0 Å². The third kappa shape index (κ3) is 3.43. The number of ether oxygens (including phenoxy) is 1. The molecule has 0 amide bonds. The molecule has 0 saturated heterocycles. The highest BCUT2D eigenvalue weighted by atomic mass is 16.5. The second-order valence-electron chi connectivity index (χ2n) is 6.59. The lowest BCUT2D eigenvalue weighted by Crippen LogP contribution is -2.03. The summed E-state index contributed by atoms with van der Waals surface area (Å²) in [6.07, 6.45) is 2.79. The zero-order valence-electron chi connectivity index (χ0n) is 16.2. The van der Waals surface area contributed by atoms with Crippen molar-refractivity contribution >= 4 is 34.0 Å². The van der Waals surface area contributed by atoms with Gasteiger partial charge in [-0.1, -0.05) is 49.4 Å². The SMILES string of the molecule is CCCOc1ccc2ccccc2c1/C=N\Nc1nc2ccccc2n1CC. The number of nitrogens with one attached hydrogen (secondary N) is 1. The minimum atomic E-state index is 0.679. The molecule has 0 bridgehead atoms. The molecule has 1 heterocycles. The molecule has 3 aromatic carbocycles. The molecule has 0 aliphatic heterocycles. The van der Waals surface area contributed by atoms with Gasteiger partial charge in [0.15, 0.2) is 0 Å². The maximum atomic E-state index is 5.95. The van der Waals surface area contributed by atoms with Crippen LogP contribution in [0.2, 0.25) is 0 Å². The third-order valence-electron chi connectivity index (χ3n) is 4.72. The molecule has 142 valence electrons. The van der Waals surface area contributed by atoms with Crippen LogP contribution in [0, 0.1) is 0 Å². The second kappa shape index (κ2) is 8.13. The van der Waals surface area contributed by atoms with Crippen molar-refractivity contribution < 1.29 is 4.74 Å². The van der Waals surface area contributed by atoms with Crippen molar-refractivity contribution in [2.24, 2.45) is 5.10 Å². The van der Waals surface area contributed by atoms with E-state index in [2.05, 4.69) is 58.2 Å². The number of nitrogens with zero attached hydrogens (tertiary/aromatic N) is 3. The van der Waals surface area contributed by atoms with Gasteiger partial charge in [-0.3, -0.25) is 0 Å². The summed E-state index contributed by atoms with van der Waals surface area (Å²) < 4.78 is 8.07. The van der Waals surface area contributed by atoms with Crippen LogP contribution < -0.4 is 10.2 Å². The van der Waals surface area contributed by atoms with Crippen LogP contribution in [0.4, 0.5) is 5.95 Å². The van der Waals surface area contributed by atoms with Gasteiger partial charge in [-0.2, -0.15) is 5.10 Å². The molecule has 4 aromatic rings. The lowest BCUT2D eigenvalue weighted by molar-refractivity contribution is 0.317. The number of hydrogen-bond acceptors (Lipinski definition) is 4. The summed E-state index contributed by atoms with van der Waals surface area (Å²) in [6.45, 7) is 5.70. The van der Waals surface area contributed by atoms with Crippen molar-refractivity contribution in [3.63, 3.8) is 0 Å². The van der Waals surface area contributed by atoms with Gasteiger partial charge in [0, 0.05) is 12.1 Å². The van der Waals surface area contributed by atoms with Crippen molar-refractivity contribution in [2.75, 3.05) is 12.0 Å². The fraction of sp³-hybridized carbons (Fsp3) is 0.217. The Bertz CT molecular complexity index is 1130. The van der Waals surface area contributed by atoms with Gasteiger partial charge >= 0.3 is 0 Å². The number of para-hydroxylation sites is 2. The summed E-state index contributed by atoms with van der Waals surface area (Å²) >= 11 is 0. The number of rotatable bonds is 7. The van der Waals surface area contributed by atoms with Gasteiger partial charge < -0.3 is 9.30 Å². The fourth-order valence-electron chi connectivity index (χ4n) is 3.38. The number of aryl methyl sites for hydroxylation is 1. The maximum absolute atomic E-state index is 5.95. The van der Waals surface area contributed by atoms with Crippen molar-refractivity contribution in [1.29, 1.82) is 0 Å². The first kappa shape index (κ1) is 18.0. The van der Waals surface area contributed by atoms with Gasteiger partial charge in [-0.15, -0.1) is 0 Å². The lowest BCUT2D eigenvalue weighted by Gasteiger charge is -2.11. The predicted molar refractivity (Wildman–Crippen MR) is 116 cm³/mol. The molecule has 0 atom stereocenters. The highest BCUT2D eigenvalue weighted by molar-refractivity contribution is 6.02. The molecule has 0 spiro atoms. The van der Waals surface area contributed by atoms with Crippen LogP contribution in [0.15, 0.2) is 65.8 Å². The maximum Gasteiger partial charge on any atom is 0.224 e. The van der Waals surface area contributed by atoms with Crippen LogP contribution in [-0.2, 0) is 6.54 Å². The van der Waals surface area contributed by atoms with E-state index in [1.54, 1.807) is 0 Å². The van der Waals surface area contributed by atoms with Crippen LogP contribution in [0.5, 0.6) is 5.75 Å². The lowest BCUT2D eigenvalue weighted by atomic mass is 10.0. The Hall–Kier alpha value is -3.34. The van der Waals surface area contributed by atoms with Gasteiger partial charge in [0.05, 0.1) is 23.9 Å². The average Bonchev–Trinajstić information content (AvgIpc) is 3.10. The van der Waals surface area contributed by atoms with Crippen molar-refractivity contribution in [1.82, 2.24) is 9.55 Å². The van der Waals surface area contributed by atoms with Crippen LogP contribution in [0.1, 0.15) is 25.8 Å². The largest absolute Gasteiger partial charge is 0.493 e. The van der Waals surface area contributed by atoms with Crippen LogP contribution in [0.3, 0.4) is 0 Å². The van der Waals surface area contributed by atoms with Gasteiger partial charge in [0.1, 0.15) is 5.75 Å². The van der Waals surface area contributed by atoms with Gasteiger partial charge in [-0.05, 0) is 42.3 Å². The first-order valence-electron chi connectivity index (χ1n) is 9.70. The molecule has 1 aromatic heterocycles. The molecule has 4 rings (SSSR count). The molecule has 28 heavy (non-hydrogen) atoms. The van der Waals surface area contributed by atoms with Crippen LogP contribution >= 0.6 is 0 Å². The molecule has 5 heteroatoms. The molecule has 0 aliphatic rings. The van der Waals surface area contributed by atoms with E-state index in [0.717, 1.165) is 52.0 Å². The number of hydrazone groups is 1. The highest BCUT2D eigenvalue weighted by Crippen LogP contribution is 2.27. The van der Waals surface area contributed by atoms with Gasteiger partial charge in [0.2, 0.25) is 5.95 Å². The number of imidazole rings is 1. The molecule has 1 N–H and O–H groups in total. The molecule has 0 fully saturated rings. The number of hydrogen-bond donors (Lipinski definition) is 1. The van der Waals surface area contributed by atoms with Gasteiger partial charge in [0.25, 0.3) is 0 Å². The summed E-state index contributed by atoms with van der Waals surface area (Å²) in [5.74, 6) is 1.58. The smallest absolute Gasteiger partial charge is 0.224 e. The van der Waals surface area contributed by atoms with Crippen LogP contribution in [-0.4, -0.2) is 22.4 Å². The quantitative estimate of drug-likeness (QED) is 0.347. The minimum absolute atomic E-state index is 0.679. The highest BCUT2D eigenvalue weighted by Gasteiger charge is 2.09. The van der Waals surface area contributed by atoms with E-state index in [0.29, 0.717) is 6.61 Å². The zero-order valence-corrected chi connectivity index (χ0v) is 16.2. The molecular weight excluding hydrogens is 348 g/mol. The third-order valence-corrected chi connectivity index (χ3v) is 4.72. The molecule has 5 nitrogen and oxygen atoms in total. The molecule has 0 aliphatic carbocycles. The van der Waals surface area contributed by atoms with E-state index in [1.807, 2.05) is 42.6 Å². The minimum Gasteiger partial charge on any atom is -0.493 e. The molecular formula is C23H24N4O. The summed E-state index contributed by atoms with van der Waals surface area (Å²) in [4.78, 5) is 4.66. The first-order valence-corrected chi connectivity index (χ1v) is 9.70. The number of fused-ring (bicyclic) bond motifs is 2. The van der Waals surface area contributed by atoms with Gasteiger partial charge in [-0.25, -0.2) is 10.4 Å². The topological polar surface area (TPSA) is 51.4 Å². The van der Waals surface area contributed by atoms with E-state index in [4.69, 9.17) is 4.74 Å². The Balaban J connectivity index is 1.69. The van der Waals surface area contributed by atoms with E-state index in [9.17, 15) is 0 Å². The zero-order chi connectivity index (χ0) is 19.3. The Labute approximate surface area is 164 Å². The Morgan fingerprint density at radius 2 is 1.86 bits per heavy atom. The summed E-state index contributed by atoms with van der Waals surface area (Å²) in [6, 6.07) is 20.5. The Morgan fingerprint density at radius 1 is 1.04 bits per heavy atom. The molecule has 0 unspecified atom stereocenters. The van der Waals surface area contributed by atoms with Crippen LogP contribution in [0.25, 0.3) is 21.8 Å². The monoisotopic (exact) mass is 372 g/mol. The Morgan fingerprint density at radius 3 is 2.71 bits per heavy atom. The standard InChI is InChI=1S/C23H24N4O/c1-3-15-28-22-14-13-17-9-5-6-10-18(17)19(22)16-24-26-23-25-20-11-7-8-12-21(20)27(23)4-2/h5-14,16H,3-4,15H2,1-2H3,(H,25,26)/b24-16-.